The maximum atomic E-state index is 13.5. The number of ether oxygens (including phenoxy) is 1. The van der Waals surface area contributed by atoms with Gasteiger partial charge in [-0.05, 0) is 67.0 Å². The predicted molar refractivity (Wildman–Crippen MR) is 135 cm³/mol. The van der Waals surface area contributed by atoms with E-state index in [1.165, 1.54) is 5.56 Å². The number of aliphatic hydroxyl groups is 1. The summed E-state index contributed by atoms with van der Waals surface area (Å²) in [5, 5.41) is 21.7. The number of benzene rings is 2. The van der Waals surface area contributed by atoms with Crippen molar-refractivity contribution in [2.45, 2.75) is 70.4 Å². The minimum absolute atomic E-state index is 0.0447. The van der Waals surface area contributed by atoms with E-state index in [0.29, 0.717) is 31.2 Å². The zero-order valence-electron chi connectivity index (χ0n) is 20.5. The molecule has 0 radical (unpaired) electrons. The van der Waals surface area contributed by atoms with Gasteiger partial charge in [0.1, 0.15) is 0 Å². The van der Waals surface area contributed by atoms with Crippen LogP contribution in [-0.4, -0.2) is 39.8 Å². The first-order chi connectivity index (χ1) is 16.3. The van der Waals surface area contributed by atoms with Crippen molar-refractivity contribution in [3.8, 4) is 11.5 Å². The topological polar surface area (TPSA) is 70.0 Å². The molecular formula is C29H37NO4. The fraction of sp³-hybridized carbons (Fsp3) is 0.483. The maximum absolute atomic E-state index is 13.5. The minimum Gasteiger partial charge on any atom is -0.504 e. The van der Waals surface area contributed by atoms with Gasteiger partial charge in [0.15, 0.2) is 11.5 Å². The zero-order valence-corrected chi connectivity index (χ0v) is 20.5. The lowest BCUT2D eigenvalue weighted by Gasteiger charge is -2.52. The molecule has 34 heavy (non-hydrogen) atoms. The molecule has 3 atom stereocenters. The molecule has 1 amide bonds. The van der Waals surface area contributed by atoms with E-state index in [-0.39, 0.29) is 23.6 Å². The number of rotatable bonds is 6. The van der Waals surface area contributed by atoms with Gasteiger partial charge in [-0.15, -0.1) is 0 Å². The molecule has 5 heteroatoms. The Morgan fingerprint density at radius 1 is 1.18 bits per heavy atom. The Hall–Kier alpha value is -2.79. The van der Waals surface area contributed by atoms with Crippen LogP contribution in [0.25, 0.3) is 6.08 Å². The van der Waals surface area contributed by atoms with Crippen molar-refractivity contribution in [1.82, 2.24) is 4.90 Å². The second-order valence-corrected chi connectivity index (χ2v) is 10.00. The zero-order chi connectivity index (χ0) is 24.3. The van der Waals surface area contributed by atoms with Crippen LogP contribution in [0.3, 0.4) is 0 Å². The molecule has 1 saturated heterocycles. The smallest absolute Gasteiger partial charge is 0.247 e. The van der Waals surface area contributed by atoms with Crippen molar-refractivity contribution in [3.05, 3.63) is 65.2 Å². The van der Waals surface area contributed by atoms with Gasteiger partial charge in [0.2, 0.25) is 5.91 Å². The summed E-state index contributed by atoms with van der Waals surface area (Å²) in [4.78, 5) is 15.4. The first kappa shape index (κ1) is 24.3. The molecular weight excluding hydrogens is 426 g/mol. The molecule has 5 nitrogen and oxygen atoms in total. The number of carbonyl (C=O) groups is 1. The number of aromatic hydroxyl groups is 1. The van der Waals surface area contributed by atoms with E-state index in [1.807, 2.05) is 42.2 Å². The third kappa shape index (κ3) is 5.00. The highest BCUT2D eigenvalue weighted by atomic mass is 16.5. The first-order valence-electron chi connectivity index (χ1n) is 12.6. The second kappa shape index (κ2) is 10.2. The van der Waals surface area contributed by atoms with Crippen molar-refractivity contribution >= 4 is 12.0 Å². The Kier molecular flexibility index (Phi) is 7.32. The molecule has 0 unspecified atom stereocenters. The van der Waals surface area contributed by atoms with Crippen LogP contribution < -0.4 is 4.74 Å². The molecule has 1 saturated carbocycles. The Balaban J connectivity index is 1.64. The van der Waals surface area contributed by atoms with Crippen molar-refractivity contribution in [2.24, 2.45) is 5.92 Å². The monoisotopic (exact) mass is 463 g/mol. The fourth-order valence-corrected chi connectivity index (χ4v) is 5.58. The lowest BCUT2D eigenvalue weighted by Crippen LogP contribution is -2.56. The molecule has 2 aromatic carbocycles. The Bertz CT molecular complexity index is 1030. The van der Waals surface area contributed by atoms with Crippen LogP contribution in [0.15, 0.2) is 48.5 Å². The molecule has 2 aliphatic rings. The third-order valence-corrected chi connectivity index (χ3v) is 7.50. The molecule has 1 aliphatic carbocycles. The summed E-state index contributed by atoms with van der Waals surface area (Å²) in [7, 11) is 0. The number of nitrogens with zero attached hydrogens (tertiary/aromatic N) is 1. The largest absolute Gasteiger partial charge is 0.504 e. The SMILES string of the molecule is CCOc1cc([C@@H]2[C@@H]3CCCC[C@@]3(O)CCN2C(=O)/C=C/c2ccc(C(C)C)cc2)ccc1O. The molecule has 2 fully saturated rings. The number of phenols is 1. The highest BCUT2D eigenvalue weighted by Crippen LogP contribution is 2.50. The average molecular weight is 464 g/mol. The van der Waals surface area contributed by atoms with Gasteiger partial charge in [0.25, 0.3) is 0 Å². The summed E-state index contributed by atoms with van der Waals surface area (Å²) >= 11 is 0. The summed E-state index contributed by atoms with van der Waals surface area (Å²) < 4.78 is 5.63. The number of piperidine rings is 1. The highest BCUT2D eigenvalue weighted by Gasteiger charge is 2.50. The first-order valence-corrected chi connectivity index (χ1v) is 12.6. The van der Waals surface area contributed by atoms with Crippen LogP contribution in [-0.2, 0) is 4.79 Å². The number of amides is 1. The van der Waals surface area contributed by atoms with Gasteiger partial charge in [-0.3, -0.25) is 4.79 Å². The molecule has 2 N–H and O–H groups in total. The number of phenolic OH excluding ortho intramolecular Hbond substituents is 1. The van der Waals surface area contributed by atoms with Crippen LogP contribution in [0.2, 0.25) is 0 Å². The number of fused-ring (bicyclic) bond motifs is 1. The third-order valence-electron chi connectivity index (χ3n) is 7.50. The Morgan fingerprint density at radius 2 is 1.94 bits per heavy atom. The van der Waals surface area contributed by atoms with Crippen molar-refractivity contribution < 1.29 is 19.7 Å². The Labute approximate surface area is 203 Å². The van der Waals surface area contributed by atoms with Crippen molar-refractivity contribution in [1.29, 1.82) is 0 Å². The van der Waals surface area contributed by atoms with E-state index < -0.39 is 5.60 Å². The summed E-state index contributed by atoms with van der Waals surface area (Å²) in [6.45, 7) is 7.14. The van der Waals surface area contributed by atoms with E-state index in [0.717, 1.165) is 36.8 Å². The predicted octanol–water partition coefficient (Wildman–Crippen LogP) is 5.82. The highest BCUT2D eigenvalue weighted by molar-refractivity contribution is 5.92. The molecule has 4 rings (SSSR count). The van der Waals surface area contributed by atoms with Crippen LogP contribution in [0.5, 0.6) is 11.5 Å². The lowest BCUT2D eigenvalue weighted by atomic mass is 9.66. The van der Waals surface area contributed by atoms with Gasteiger partial charge in [0.05, 0.1) is 18.2 Å². The van der Waals surface area contributed by atoms with E-state index in [4.69, 9.17) is 4.74 Å². The maximum Gasteiger partial charge on any atom is 0.247 e. The van der Waals surface area contributed by atoms with Crippen molar-refractivity contribution in [2.75, 3.05) is 13.2 Å². The average Bonchev–Trinajstić information content (AvgIpc) is 2.83. The number of hydrogen-bond acceptors (Lipinski definition) is 4. The second-order valence-electron chi connectivity index (χ2n) is 10.00. The van der Waals surface area contributed by atoms with Gasteiger partial charge in [-0.2, -0.15) is 0 Å². The van der Waals surface area contributed by atoms with E-state index in [9.17, 15) is 15.0 Å². The number of carbonyl (C=O) groups excluding carboxylic acids is 1. The van der Waals surface area contributed by atoms with E-state index >= 15 is 0 Å². The molecule has 2 aromatic rings. The van der Waals surface area contributed by atoms with Crippen LogP contribution in [0.1, 0.15) is 81.5 Å². The van der Waals surface area contributed by atoms with Crippen molar-refractivity contribution in [3.63, 3.8) is 0 Å². The summed E-state index contributed by atoms with van der Waals surface area (Å²) in [6, 6.07) is 13.3. The van der Waals surface area contributed by atoms with Gasteiger partial charge >= 0.3 is 0 Å². The molecule has 1 aliphatic heterocycles. The van der Waals surface area contributed by atoms with Gasteiger partial charge in [0, 0.05) is 18.5 Å². The van der Waals surface area contributed by atoms with E-state index in [1.54, 1.807) is 12.1 Å². The lowest BCUT2D eigenvalue weighted by molar-refractivity contribution is -0.150. The normalized spacial score (nSPS) is 24.9. The van der Waals surface area contributed by atoms with Crippen LogP contribution in [0.4, 0.5) is 0 Å². The van der Waals surface area contributed by atoms with Gasteiger partial charge in [-0.25, -0.2) is 0 Å². The Morgan fingerprint density at radius 3 is 2.65 bits per heavy atom. The molecule has 1 heterocycles. The molecule has 0 aromatic heterocycles. The number of hydrogen-bond donors (Lipinski definition) is 2. The van der Waals surface area contributed by atoms with E-state index in [2.05, 4.69) is 26.0 Å². The van der Waals surface area contributed by atoms with Crippen LogP contribution in [0, 0.1) is 5.92 Å². The number of likely N-dealkylation sites (tertiary alicyclic amines) is 1. The van der Waals surface area contributed by atoms with Crippen LogP contribution >= 0.6 is 0 Å². The minimum atomic E-state index is -0.764. The quantitative estimate of drug-likeness (QED) is 0.530. The standard InChI is InChI=1S/C29H37NO4/c1-4-34-26-19-23(13-14-25(26)31)28-24-7-5-6-16-29(24,33)17-18-30(28)27(32)15-10-21-8-11-22(12-9-21)20(2)3/h8-15,19-20,24,28,31,33H,4-7,16-18H2,1-3H3/b15-10+/t24-,28+,29+/m0/s1. The van der Waals surface area contributed by atoms with Gasteiger partial charge < -0.3 is 19.8 Å². The summed E-state index contributed by atoms with van der Waals surface area (Å²) in [5.74, 6) is 0.865. The summed E-state index contributed by atoms with van der Waals surface area (Å²) in [6.07, 6.45) is 7.80. The molecule has 0 bridgehead atoms. The molecule has 182 valence electrons. The molecule has 0 spiro atoms. The summed E-state index contributed by atoms with van der Waals surface area (Å²) in [5.41, 5.74) is 2.39. The fourth-order valence-electron chi connectivity index (χ4n) is 5.58. The van der Waals surface area contributed by atoms with Gasteiger partial charge in [-0.1, -0.05) is 57.0 Å².